The van der Waals surface area contributed by atoms with Gasteiger partial charge in [0.05, 0.1) is 5.57 Å². The van der Waals surface area contributed by atoms with E-state index in [1.807, 2.05) is 0 Å². The van der Waals surface area contributed by atoms with Crippen LogP contribution in [-0.4, -0.2) is 11.7 Å². The first-order chi connectivity index (χ1) is 7.00. The van der Waals surface area contributed by atoms with Gasteiger partial charge in [0, 0.05) is 0 Å². The molecule has 0 saturated carbocycles. The molecule has 0 aromatic heterocycles. The van der Waals surface area contributed by atoms with Gasteiger partial charge in [0.2, 0.25) is 0 Å². The van der Waals surface area contributed by atoms with E-state index in [1.165, 1.54) is 31.2 Å². The highest BCUT2D eigenvalue weighted by Gasteiger charge is 2.10. The molecule has 0 aliphatic rings. The largest absolute Gasteiger partial charge is 0.365 e. The van der Waals surface area contributed by atoms with Crippen molar-refractivity contribution in [2.45, 2.75) is 6.92 Å². The summed E-state index contributed by atoms with van der Waals surface area (Å²) in [6, 6.07) is 5.55. The Bertz CT molecular complexity index is 422. The van der Waals surface area contributed by atoms with Crippen LogP contribution in [0.3, 0.4) is 0 Å². The van der Waals surface area contributed by atoms with Crippen LogP contribution in [0.15, 0.2) is 29.8 Å². The van der Waals surface area contributed by atoms with Gasteiger partial charge < -0.3 is 5.73 Å². The Morgan fingerprint density at radius 2 is 2.07 bits per heavy atom. The number of halogens is 1. The molecule has 2 N–H and O–H groups in total. The maximum Gasteiger partial charge on any atom is 0.252 e. The lowest BCUT2D eigenvalue weighted by atomic mass is 10.1. The summed E-state index contributed by atoms with van der Waals surface area (Å²) in [4.78, 5) is 21.9. The van der Waals surface area contributed by atoms with Gasteiger partial charge in [-0.1, -0.05) is 12.1 Å². The van der Waals surface area contributed by atoms with Gasteiger partial charge in [0.1, 0.15) is 5.82 Å². The molecule has 1 aromatic rings. The van der Waals surface area contributed by atoms with E-state index in [2.05, 4.69) is 0 Å². The average Bonchev–Trinajstić information content (AvgIpc) is 2.13. The van der Waals surface area contributed by atoms with Crippen LogP contribution >= 0.6 is 0 Å². The number of carbonyl (C=O) groups is 2. The molecule has 0 fully saturated rings. The number of primary amides is 1. The minimum atomic E-state index is -0.813. The minimum Gasteiger partial charge on any atom is -0.365 e. The fourth-order valence-corrected chi connectivity index (χ4v) is 1.11. The van der Waals surface area contributed by atoms with Gasteiger partial charge in [0.25, 0.3) is 5.91 Å². The van der Waals surface area contributed by atoms with Gasteiger partial charge >= 0.3 is 0 Å². The summed E-state index contributed by atoms with van der Waals surface area (Å²) in [5.41, 5.74) is 5.29. The standard InChI is InChI=1S/C11H10FNO2/c1-7(14)10(11(13)15)6-8-3-2-4-9(12)5-8/h2-6H,1H3,(H2,13,15)/b10-6-. The second-order valence-corrected chi connectivity index (χ2v) is 3.03. The summed E-state index contributed by atoms with van der Waals surface area (Å²) in [6.07, 6.45) is 1.27. The molecule has 78 valence electrons. The molecule has 0 unspecified atom stereocenters. The highest BCUT2D eigenvalue weighted by molar-refractivity contribution is 6.21. The summed E-state index contributed by atoms with van der Waals surface area (Å²) in [6.45, 7) is 1.23. The summed E-state index contributed by atoms with van der Waals surface area (Å²) in [5, 5.41) is 0. The zero-order valence-electron chi connectivity index (χ0n) is 8.16. The van der Waals surface area contributed by atoms with Crippen LogP contribution in [0.1, 0.15) is 12.5 Å². The minimum absolute atomic E-state index is 0.138. The van der Waals surface area contributed by atoms with Crippen molar-refractivity contribution in [3.63, 3.8) is 0 Å². The van der Waals surface area contributed by atoms with E-state index in [1.54, 1.807) is 6.07 Å². The summed E-state index contributed by atoms with van der Waals surface area (Å²) in [5.74, 6) is -1.69. The maximum atomic E-state index is 12.8. The van der Waals surface area contributed by atoms with Gasteiger partial charge in [-0.15, -0.1) is 0 Å². The fourth-order valence-electron chi connectivity index (χ4n) is 1.11. The quantitative estimate of drug-likeness (QED) is 0.461. The predicted octanol–water partition coefficient (Wildman–Crippen LogP) is 1.28. The zero-order valence-corrected chi connectivity index (χ0v) is 8.16. The number of nitrogens with two attached hydrogens (primary N) is 1. The van der Waals surface area contributed by atoms with Crippen molar-refractivity contribution in [3.05, 3.63) is 41.2 Å². The SMILES string of the molecule is CC(=O)/C(=C/c1cccc(F)c1)C(N)=O. The maximum absolute atomic E-state index is 12.8. The molecular formula is C11H10FNO2. The topological polar surface area (TPSA) is 60.2 Å². The lowest BCUT2D eigenvalue weighted by molar-refractivity contribution is -0.119. The van der Waals surface area contributed by atoms with Crippen LogP contribution in [0.25, 0.3) is 6.08 Å². The first-order valence-electron chi connectivity index (χ1n) is 4.28. The van der Waals surface area contributed by atoms with Gasteiger partial charge in [-0.25, -0.2) is 4.39 Å². The van der Waals surface area contributed by atoms with Crippen molar-refractivity contribution in [1.29, 1.82) is 0 Å². The Balaban J connectivity index is 3.13. The zero-order chi connectivity index (χ0) is 11.4. The first kappa shape index (κ1) is 11.1. The molecule has 0 aliphatic heterocycles. The van der Waals surface area contributed by atoms with E-state index < -0.39 is 17.5 Å². The molecule has 4 heteroatoms. The smallest absolute Gasteiger partial charge is 0.252 e. The number of amides is 1. The van der Waals surface area contributed by atoms with E-state index in [-0.39, 0.29) is 5.57 Å². The third-order valence-electron chi connectivity index (χ3n) is 1.80. The van der Waals surface area contributed by atoms with Crippen LogP contribution in [-0.2, 0) is 9.59 Å². The molecule has 0 bridgehead atoms. The lowest BCUT2D eigenvalue weighted by Crippen LogP contribution is -2.18. The average molecular weight is 207 g/mol. The third-order valence-corrected chi connectivity index (χ3v) is 1.80. The van der Waals surface area contributed by atoms with Crippen LogP contribution in [0.2, 0.25) is 0 Å². The number of benzene rings is 1. The number of Topliss-reactive ketones (excluding diaryl/α,β-unsaturated/α-hetero) is 1. The van der Waals surface area contributed by atoms with Crippen molar-refractivity contribution in [2.24, 2.45) is 5.73 Å². The molecule has 0 aliphatic carbocycles. The third kappa shape index (κ3) is 3.02. The molecule has 0 heterocycles. The molecule has 1 aromatic carbocycles. The van der Waals surface area contributed by atoms with Crippen LogP contribution in [0.5, 0.6) is 0 Å². The number of ketones is 1. The second-order valence-electron chi connectivity index (χ2n) is 3.03. The summed E-state index contributed by atoms with van der Waals surface area (Å²) < 4.78 is 12.8. The number of hydrogen-bond donors (Lipinski definition) is 1. The fraction of sp³-hybridized carbons (Fsp3) is 0.0909. The van der Waals surface area contributed by atoms with E-state index >= 15 is 0 Å². The van der Waals surface area contributed by atoms with Gasteiger partial charge in [-0.2, -0.15) is 0 Å². The molecule has 0 saturated heterocycles. The van der Waals surface area contributed by atoms with Crippen molar-refractivity contribution in [1.82, 2.24) is 0 Å². The molecule has 0 spiro atoms. The van der Waals surface area contributed by atoms with E-state index in [0.29, 0.717) is 5.56 Å². The highest BCUT2D eigenvalue weighted by atomic mass is 19.1. The van der Waals surface area contributed by atoms with Crippen LogP contribution in [0, 0.1) is 5.82 Å². The molecule has 15 heavy (non-hydrogen) atoms. The molecule has 3 nitrogen and oxygen atoms in total. The molecule has 0 radical (unpaired) electrons. The van der Waals surface area contributed by atoms with Crippen molar-refractivity contribution in [2.75, 3.05) is 0 Å². The molecule has 0 atom stereocenters. The molecule has 1 amide bonds. The van der Waals surface area contributed by atoms with Crippen molar-refractivity contribution >= 4 is 17.8 Å². The van der Waals surface area contributed by atoms with E-state index in [4.69, 9.17) is 5.73 Å². The Morgan fingerprint density at radius 3 is 2.53 bits per heavy atom. The van der Waals surface area contributed by atoms with Gasteiger partial charge in [0.15, 0.2) is 5.78 Å². The number of rotatable bonds is 3. The van der Waals surface area contributed by atoms with Crippen molar-refractivity contribution < 1.29 is 14.0 Å². The molecule has 1 rings (SSSR count). The van der Waals surface area contributed by atoms with Crippen LogP contribution in [0.4, 0.5) is 4.39 Å². The predicted molar refractivity (Wildman–Crippen MR) is 54.3 cm³/mol. The normalized spacial score (nSPS) is 11.2. The number of hydrogen-bond acceptors (Lipinski definition) is 2. The second kappa shape index (κ2) is 4.50. The van der Waals surface area contributed by atoms with Gasteiger partial charge in [-0.3, -0.25) is 9.59 Å². The Kier molecular flexibility index (Phi) is 3.33. The monoisotopic (exact) mass is 207 g/mol. The Hall–Kier alpha value is -1.97. The van der Waals surface area contributed by atoms with Crippen LogP contribution < -0.4 is 5.73 Å². The Labute approximate surface area is 86.4 Å². The summed E-state index contributed by atoms with van der Waals surface area (Å²) in [7, 11) is 0. The summed E-state index contributed by atoms with van der Waals surface area (Å²) >= 11 is 0. The Morgan fingerprint density at radius 1 is 1.40 bits per heavy atom. The van der Waals surface area contributed by atoms with Gasteiger partial charge in [-0.05, 0) is 30.7 Å². The molecular weight excluding hydrogens is 197 g/mol. The number of carbonyl (C=O) groups excluding carboxylic acids is 2. The first-order valence-corrected chi connectivity index (χ1v) is 4.28. The van der Waals surface area contributed by atoms with Crippen molar-refractivity contribution in [3.8, 4) is 0 Å². The lowest BCUT2D eigenvalue weighted by Gasteiger charge is -1.98. The highest BCUT2D eigenvalue weighted by Crippen LogP contribution is 2.09. The van der Waals surface area contributed by atoms with E-state index in [0.717, 1.165) is 0 Å². The van der Waals surface area contributed by atoms with E-state index in [9.17, 15) is 14.0 Å².